The molecule has 0 aromatic rings. The number of ketones is 3. The Balaban J connectivity index is 1.70. The molecule has 3 N–H and O–H groups in total. The molecule has 14 nitrogen and oxygen atoms in total. The molecule has 1 aliphatic carbocycles. The van der Waals surface area contributed by atoms with E-state index in [0.717, 1.165) is 12.0 Å². The Labute approximate surface area is 387 Å². The highest BCUT2D eigenvalue weighted by atomic mass is 16.6. The summed E-state index contributed by atoms with van der Waals surface area (Å²) >= 11 is 0. The van der Waals surface area contributed by atoms with Crippen molar-refractivity contribution in [3.05, 3.63) is 47.6 Å². The lowest BCUT2D eigenvalue weighted by Crippen LogP contribution is -2.61. The van der Waals surface area contributed by atoms with E-state index in [1.54, 1.807) is 41.1 Å². The first-order chi connectivity index (χ1) is 30.7. The number of piperidine rings is 1. The molecule has 0 aromatic carbocycles. The van der Waals surface area contributed by atoms with Crippen LogP contribution in [0.25, 0.3) is 0 Å². The molecule has 1 amide bonds. The molecule has 0 spiro atoms. The molecule has 2 saturated heterocycles. The van der Waals surface area contributed by atoms with Gasteiger partial charge in [-0.2, -0.15) is 0 Å². The Kier molecular flexibility index (Phi) is 21.0. The highest BCUT2D eigenvalue weighted by Gasteiger charge is 2.53. The zero-order valence-electron chi connectivity index (χ0n) is 40.6. The van der Waals surface area contributed by atoms with E-state index >= 15 is 0 Å². The van der Waals surface area contributed by atoms with Crippen molar-refractivity contribution >= 4 is 29.2 Å². The van der Waals surface area contributed by atoms with Crippen LogP contribution in [0, 0.1) is 35.5 Å². The number of carbonyl (C=O) groups excluding carboxylic acids is 5. The standard InChI is InChI=1S/C51H79NO13/c1-30-16-12-11-13-17-31(2)42(61-8)28-38-21-19-36(7)51(60,65-38)48(57)49(58)52-23-15-14-18-39(52)50(59)64-43(33(4)26-37-20-22-40(53)44(27-37)62-9)29-41(54)32(3)25-35(6)46(56)47(63-10)45(55)34(5)24-30/h11-13,16-17,25,30,32-34,36-40,42-44,46-47,53,56,60H,14-15,18-24,26-29H2,1-10H3/b13-11+,16-12+,31-17+,35-25+/t30-,32-,33-,34-,36-,37+,38+,39?,40-,42+,43+,44-,46+,47+,51-/m1/s1. The molecule has 65 heavy (non-hydrogen) atoms. The van der Waals surface area contributed by atoms with E-state index in [-0.39, 0.29) is 54.8 Å². The van der Waals surface area contributed by atoms with Gasteiger partial charge in [0.15, 0.2) is 5.78 Å². The van der Waals surface area contributed by atoms with E-state index in [0.29, 0.717) is 63.4 Å². The maximum absolute atomic E-state index is 14.4. The number of hydrogen-bond donors (Lipinski definition) is 3. The maximum atomic E-state index is 14.4. The Morgan fingerprint density at radius 1 is 0.846 bits per heavy atom. The van der Waals surface area contributed by atoms with Gasteiger partial charge in [-0.1, -0.05) is 71.1 Å². The Morgan fingerprint density at radius 2 is 1.57 bits per heavy atom. The topological polar surface area (TPSA) is 195 Å². The van der Waals surface area contributed by atoms with E-state index in [1.165, 1.54) is 12.0 Å². The van der Waals surface area contributed by atoms with E-state index in [4.69, 9.17) is 23.7 Å². The van der Waals surface area contributed by atoms with Gasteiger partial charge in [-0.25, -0.2) is 4.79 Å². The van der Waals surface area contributed by atoms with Gasteiger partial charge in [0.2, 0.25) is 5.79 Å². The number of ether oxygens (including phenoxy) is 5. The third-order valence-corrected chi connectivity index (χ3v) is 14.5. The van der Waals surface area contributed by atoms with E-state index in [2.05, 4.69) is 0 Å². The minimum atomic E-state index is -2.43. The quantitative estimate of drug-likeness (QED) is 0.156. The summed E-state index contributed by atoms with van der Waals surface area (Å²) in [5.74, 6) is -7.96. The number of cyclic esters (lactones) is 1. The number of fused-ring (bicyclic) bond motifs is 3. The van der Waals surface area contributed by atoms with Gasteiger partial charge in [-0.3, -0.25) is 19.2 Å². The van der Waals surface area contributed by atoms with E-state index in [1.807, 2.05) is 58.1 Å². The van der Waals surface area contributed by atoms with Crippen LogP contribution in [0.5, 0.6) is 0 Å². The van der Waals surface area contributed by atoms with Gasteiger partial charge in [0.25, 0.3) is 11.7 Å². The molecule has 1 unspecified atom stereocenters. The van der Waals surface area contributed by atoms with Crippen LogP contribution < -0.4 is 0 Å². The molecule has 0 radical (unpaired) electrons. The number of methoxy groups -OCH3 is 3. The first-order valence-electron chi connectivity index (χ1n) is 23.9. The summed E-state index contributed by atoms with van der Waals surface area (Å²) in [6.45, 7) is 12.7. The van der Waals surface area contributed by atoms with Crippen molar-refractivity contribution in [3.8, 4) is 0 Å². The number of Topliss-reactive ketones (excluding diaryl/α,β-unsaturated/α-hetero) is 3. The summed E-state index contributed by atoms with van der Waals surface area (Å²) in [5.41, 5.74) is 1.27. The average molecular weight is 914 g/mol. The second kappa shape index (κ2) is 25.1. The lowest BCUT2D eigenvalue weighted by atomic mass is 9.78. The van der Waals surface area contributed by atoms with Gasteiger partial charge in [-0.05, 0) is 107 Å². The number of rotatable bonds is 6. The summed E-state index contributed by atoms with van der Waals surface area (Å²) in [6.07, 6.45) is 11.2. The van der Waals surface area contributed by atoms with Gasteiger partial charge in [0.05, 0.1) is 24.4 Å². The van der Waals surface area contributed by atoms with Gasteiger partial charge < -0.3 is 43.9 Å². The molecule has 2 bridgehead atoms. The maximum Gasteiger partial charge on any atom is 0.329 e. The summed E-state index contributed by atoms with van der Waals surface area (Å²) in [4.78, 5) is 71.8. The molecule has 15 atom stereocenters. The van der Waals surface area contributed by atoms with Crippen LogP contribution in [-0.4, -0.2) is 132 Å². The first-order valence-corrected chi connectivity index (χ1v) is 23.9. The SMILES string of the molecule is CO[C@H]1C[C@@H]2CC[C@@H](C)[C@@](O)(O2)C(=O)C(=O)N2CCCCC2C(=O)O[C@H]([C@H](C)C[C@@H]2CC[C@@H](O)[C@H](OC)C2)CC(=O)[C@H](C)/C=C(\C)[C@H](O)[C@@H](OC)C(=O)[C@H](C)C[C@H](C)/C=C/C=C/C=C/1C. The normalized spacial score (nSPS) is 40.4. The molecule has 14 heteroatoms. The molecule has 4 aliphatic rings. The number of allylic oxidation sites excluding steroid dienone is 6. The number of amides is 1. The summed E-state index contributed by atoms with van der Waals surface area (Å²) < 4.78 is 29.4. The second-order valence-electron chi connectivity index (χ2n) is 19.6. The zero-order chi connectivity index (χ0) is 48.2. The highest BCUT2D eigenvalue weighted by Crippen LogP contribution is 2.38. The smallest absolute Gasteiger partial charge is 0.329 e. The minimum absolute atomic E-state index is 0.0193. The van der Waals surface area contributed by atoms with Gasteiger partial charge in [-0.15, -0.1) is 0 Å². The third kappa shape index (κ3) is 14.3. The van der Waals surface area contributed by atoms with Crippen LogP contribution in [0.4, 0.5) is 0 Å². The van der Waals surface area contributed by atoms with Crippen LogP contribution >= 0.6 is 0 Å². The molecular weight excluding hydrogens is 835 g/mol. The minimum Gasteiger partial charge on any atom is -0.460 e. The molecule has 366 valence electrons. The number of nitrogens with zero attached hydrogens (tertiary/aromatic N) is 1. The fraction of sp³-hybridized carbons (Fsp3) is 0.745. The van der Waals surface area contributed by atoms with Crippen LogP contribution in [0.15, 0.2) is 47.6 Å². The number of carbonyl (C=O) groups is 5. The fourth-order valence-corrected chi connectivity index (χ4v) is 10.1. The van der Waals surface area contributed by atoms with Gasteiger partial charge >= 0.3 is 5.97 Å². The van der Waals surface area contributed by atoms with Gasteiger partial charge in [0, 0.05) is 58.5 Å². The van der Waals surface area contributed by atoms with E-state index in [9.17, 15) is 39.3 Å². The third-order valence-electron chi connectivity index (χ3n) is 14.5. The van der Waals surface area contributed by atoms with Crippen molar-refractivity contribution < 1.29 is 63.0 Å². The Morgan fingerprint density at radius 3 is 2.25 bits per heavy atom. The molecular formula is C51H79NO13. The van der Waals surface area contributed by atoms with Crippen molar-refractivity contribution in [2.45, 2.75) is 180 Å². The zero-order valence-corrected chi connectivity index (χ0v) is 40.6. The fourth-order valence-electron chi connectivity index (χ4n) is 10.1. The Hall–Kier alpha value is -3.37. The lowest BCUT2D eigenvalue weighted by molar-refractivity contribution is -0.265. The van der Waals surface area contributed by atoms with Crippen LogP contribution in [-0.2, 0) is 47.7 Å². The predicted octanol–water partition coefficient (Wildman–Crippen LogP) is 6.18. The summed E-state index contributed by atoms with van der Waals surface area (Å²) in [7, 11) is 4.52. The van der Waals surface area contributed by atoms with E-state index < -0.39 is 83.9 Å². The predicted molar refractivity (Wildman–Crippen MR) is 245 cm³/mol. The number of aliphatic hydroxyl groups is 3. The van der Waals surface area contributed by atoms with Crippen molar-refractivity contribution in [1.82, 2.24) is 4.90 Å². The molecule has 3 fully saturated rings. The van der Waals surface area contributed by atoms with Crippen molar-refractivity contribution in [2.24, 2.45) is 35.5 Å². The number of esters is 1. The average Bonchev–Trinajstić information content (AvgIpc) is 3.28. The largest absolute Gasteiger partial charge is 0.460 e. The monoisotopic (exact) mass is 914 g/mol. The molecule has 1 saturated carbocycles. The van der Waals surface area contributed by atoms with Crippen molar-refractivity contribution in [3.63, 3.8) is 0 Å². The van der Waals surface area contributed by atoms with Crippen molar-refractivity contribution in [1.29, 1.82) is 0 Å². The van der Waals surface area contributed by atoms with Crippen LogP contribution in [0.1, 0.15) is 126 Å². The Bertz CT molecular complexity index is 1760. The molecule has 3 heterocycles. The van der Waals surface area contributed by atoms with Crippen LogP contribution in [0.3, 0.4) is 0 Å². The lowest BCUT2D eigenvalue weighted by Gasteiger charge is -2.42. The highest BCUT2D eigenvalue weighted by molar-refractivity contribution is 6.39. The molecule has 4 rings (SSSR count). The first kappa shape index (κ1) is 54.2. The summed E-state index contributed by atoms with van der Waals surface area (Å²) in [5, 5.41) is 33.8. The number of hydrogen-bond acceptors (Lipinski definition) is 13. The molecule has 0 aromatic heterocycles. The second-order valence-corrected chi connectivity index (χ2v) is 19.6. The van der Waals surface area contributed by atoms with Gasteiger partial charge in [0.1, 0.15) is 30.1 Å². The number of aliphatic hydroxyl groups excluding tert-OH is 2. The summed E-state index contributed by atoms with van der Waals surface area (Å²) in [6, 6.07) is -1.14. The molecule has 3 aliphatic heterocycles. The van der Waals surface area contributed by atoms with Crippen LogP contribution in [0.2, 0.25) is 0 Å². The van der Waals surface area contributed by atoms with Crippen molar-refractivity contribution in [2.75, 3.05) is 27.9 Å².